The Morgan fingerprint density at radius 2 is 1.80 bits per heavy atom. The van der Waals surface area contributed by atoms with E-state index in [0.717, 1.165) is 35.8 Å². The van der Waals surface area contributed by atoms with Crippen molar-refractivity contribution < 1.29 is 14.7 Å². The van der Waals surface area contributed by atoms with E-state index in [1.54, 1.807) is 6.20 Å². The van der Waals surface area contributed by atoms with E-state index in [2.05, 4.69) is 36.0 Å². The summed E-state index contributed by atoms with van der Waals surface area (Å²) < 4.78 is 0.935. The Kier molecular flexibility index (Phi) is 8.07. The highest BCUT2D eigenvalue weighted by Gasteiger charge is 2.37. The Hall–Kier alpha value is -1.28. The molecule has 30 heavy (non-hydrogen) atoms. The predicted octanol–water partition coefficient (Wildman–Crippen LogP) is 6.09. The highest BCUT2D eigenvalue weighted by atomic mass is 32.2. The zero-order valence-corrected chi connectivity index (χ0v) is 20.0. The van der Waals surface area contributed by atoms with Crippen LogP contribution in [-0.4, -0.2) is 44.8 Å². The van der Waals surface area contributed by atoms with Gasteiger partial charge in [0.1, 0.15) is 0 Å². The second-order valence-electron chi connectivity index (χ2n) is 9.62. The number of hydrogen-bond acceptors (Lipinski definition) is 5. The van der Waals surface area contributed by atoms with Crippen molar-refractivity contribution in [3.8, 4) is 0 Å². The minimum Gasteiger partial charge on any atom is -0.481 e. The van der Waals surface area contributed by atoms with Gasteiger partial charge in [0.2, 0.25) is 0 Å². The molecule has 3 rings (SSSR count). The van der Waals surface area contributed by atoms with Crippen molar-refractivity contribution in [1.82, 2.24) is 9.88 Å². The normalized spacial score (nSPS) is 22.8. The van der Waals surface area contributed by atoms with Gasteiger partial charge in [-0.15, -0.1) is 11.8 Å². The third-order valence-corrected chi connectivity index (χ3v) is 8.64. The number of urea groups is 1. The van der Waals surface area contributed by atoms with Crippen LogP contribution in [0, 0.1) is 11.3 Å². The number of carbonyl (C=O) groups is 2. The fourth-order valence-electron chi connectivity index (χ4n) is 4.81. The maximum absolute atomic E-state index is 13.3. The molecule has 0 bridgehead atoms. The van der Waals surface area contributed by atoms with Crippen LogP contribution in [0.3, 0.4) is 0 Å². The average Bonchev–Trinajstić information content (AvgIpc) is 3.34. The van der Waals surface area contributed by atoms with Gasteiger partial charge in [-0.05, 0) is 49.9 Å². The summed E-state index contributed by atoms with van der Waals surface area (Å²) >= 11 is 2.89. The molecule has 1 aromatic heterocycles. The van der Waals surface area contributed by atoms with Crippen LogP contribution in [0.2, 0.25) is 0 Å². The van der Waals surface area contributed by atoms with Gasteiger partial charge in [0, 0.05) is 17.8 Å². The molecule has 0 unspecified atom stereocenters. The Bertz CT molecular complexity index is 717. The number of nitrogens with zero attached hydrogens (tertiary/aromatic N) is 2. The number of carbonyl (C=O) groups excluding carboxylic acids is 1. The van der Waals surface area contributed by atoms with Gasteiger partial charge in [-0.25, -0.2) is 9.78 Å². The van der Waals surface area contributed by atoms with E-state index in [9.17, 15) is 9.59 Å². The Labute approximate surface area is 188 Å². The van der Waals surface area contributed by atoms with Crippen LogP contribution in [0.5, 0.6) is 0 Å². The predicted molar refractivity (Wildman–Crippen MR) is 123 cm³/mol. The van der Waals surface area contributed by atoms with Gasteiger partial charge in [-0.2, -0.15) is 0 Å². The number of thiazole rings is 1. The Morgan fingerprint density at radius 1 is 1.17 bits per heavy atom. The van der Waals surface area contributed by atoms with Crippen molar-refractivity contribution in [2.24, 2.45) is 11.3 Å². The van der Waals surface area contributed by atoms with Crippen LogP contribution in [0.15, 0.2) is 10.4 Å². The molecule has 0 radical (unpaired) electrons. The Morgan fingerprint density at radius 3 is 2.40 bits per heavy atom. The zero-order chi connectivity index (χ0) is 21.7. The molecule has 0 saturated heterocycles. The smallest absolute Gasteiger partial charge is 0.324 e. The molecule has 6 nitrogen and oxygen atoms in total. The van der Waals surface area contributed by atoms with Gasteiger partial charge in [0.25, 0.3) is 0 Å². The molecule has 2 fully saturated rings. The van der Waals surface area contributed by atoms with E-state index in [1.165, 1.54) is 48.8 Å². The number of carboxylic acid groups (broad SMARTS) is 1. The summed E-state index contributed by atoms with van der Waals surface area (Å²) in [5, 5.41) is 12.4. The van der Waals surface area contributed by atoms with Crippen molar-refractivity contribution in [2.75, 3.05) is 11.1 Å². The fourth-order valence-corrected chi connectivity index (χ4v) is 6.68. The minimum absolute atomic E-state index is 0.0162. The van der Waals surface area contributed by atoms with Crippen LogP contribution in [0.25, 0.3) is 0 Å². The van der Waals surface area contributed by atoms with Crippen LogP contribution >= 0.6 is 23.1 Å². The number of amides is 2. The number of anilines is 1. The van der Waals surface area contributed by atoms with Crippen molar-refractivity contribution in [3.05, 3.63) is 6.20 Å². The maximum Gasteiger partial charge on any atom is 0.324 e. The van der Waals surface area contributed by atoms with Gasteiger partial charge in [0.15, 0.2) is 5.13 Å². The third-order valence-electron chi connectivity index (χ3n) is 6.53. The molecule has 2 N–H and O–H groups in total. The fraction of sp³-hybridized carbons (Fsp3) is 0.773. The number of carboxylic acids is 1. The van der Waals surface area contributed by atoms with Crippen LogP contribution in [-0.2, 0) is 4.79 Å². The van der Waals surface area contributed by atoms with E-state index < -0.39 is 5.97 Å². The molecular formula is C22H35N3O3S2. The SMILES string of the molecule is CC(C)(C)[C@H]1CC[C@H](N(C(=O)Nc2ncc(SCCC(=O)O)s2)C2CCCC2)CC1. The largest absolute Gasteiger partial charge is 0.481 e. The molecule has 0 aromatic carbocycles. The summed E-state index contributed by atoms with van der Waals surface area (Å²) in [5.41, 5.74) is 0.334. The van der Waals surface area contributed by atoms with Gasteiger partial charge in [-0.1, -0.05) is 44.9 Å². The molecule has 1 aromatic rings. The minimum atomic E-state index is -0.797. The topological polar surface area (TPSA) is 82.5 Å². The first-order valence-electron chi connectivity index (χ1n) is 11.1. The van der Waals surface area contributed by atoms with Crippen molar-refractivity contribution in [3.63, 3.8) is 0 Å². The van der Waals surface area contributed by atoms with Gasteiger partial charge in [-0.3, -0.25) is 10.1 Å². The highest BCUT2D eigenvalue weighted by molar-refractivity contribution is 8.01. The summed E-state index contributed by atoms with van der Waals surface area (Å²) in [4.78, 5) is 30.5. The third kappa shape index (κ3) is 6.36. The number of rotatable bonds is 7. The summed E-state index contributed by atoms with van der Waals surface area (Å²) in [6.45, 7) is 6.98. The zero-order valence-electron chi connectivity index (χ0n) is 18.4. The summed E-state index contributed by atoms with van der Waals surface area (Å²) in [7, 11) is 0. The van der Waals surface area contributed by atoms with Crippen LogP contribution in [0.4, 0.5) is 9.93 Å². The molecule has 0 atom stereocenters. The standard InChI is InChI=1S/C22H35N3O3S2/c1-22(2,3)15-8-10-17(11-9-15)25(16-6-4-5-7-16)21(28)24-20-23-14-19(30-20)29-13-12-18(26)27/h14-17H,4-13H2,1-3H3,(H,26,27)(H,23,24,28)/t15-,17-. The van der Waals surface area contributed by atoms with Crippen molar-refractivity contribution in [2.45, 2.75) is 94.9 Å². The number of thioether (sulfide) groups is 1. The summed E-state index contributed by atoms with van der Waals surface area (Å²) in [5.74, 6) is 0.441. The molecular weight excluding hydrogens is 418 g/mol. The first-order valence-corrected chi connectivity index (χ1v) is 12.9. The lowest BCUT2D eigenvalue weighted by Gasteiger charge is -2.43. The lowest BCUT2D eigenvalue weighted by Crippen LogP contribution is -2.50. The molecule has 0 aliphatic heterocycles. The molecule has 2 aliphatic rings. The molecule has 168 valence electrons. The van der Waals surface area contributed by atoms with Gasteiger partial charge in [0.05, 0.1) is 16.8 Å². The second-order valence-corrected chi connectivity index (χ2v) is 12.0. The van der Waals surface area contributed by atoms with Crippen LogP contribution in [0.1, 0.15) is 78.6 Å². The van der Waals surface area contributed by atoms with Gasteiger partial charge < -0.3 is 10.0 Å². The van der Waals surface area contributed by atoms with E-state index in [-0.39, 0.29) is 12.5 Å². The van der Waals surface area contributed by atoms with Crippen LogP contribution < -0.4 is 5.32 Å². The summed E-state index contributed by atoms with van der Waals surface area (Å²) in [6.07, 6.45) is 11.0. The number of hydrogen-bond donors (Lipinski definition) is 2. The van der Waals surface area contributed by atoms with E-state index >= 15 is 0 Å². The average molecular weight is 454 g/mol. The Balaban J connectivity index is 1.61. The van der Waals surface area contributed by atoms with Gasteiger partial charge >= 0.3 is 12.0 Å². The van der Waals surface area contributed by atoms with E-state index in [4.69, 9.17) is 5.11 Å². The second kappa shape index (κ2) is 10.4. The van der Waals surface area contributed by atoms with E-state index in [0.29, 0.717) is 28.4 Å². The van der Waals surface area contributed by atoms with E-state index in [1.807, 2.05) is 0 Å². The molecule has 2 aliphatic carbocycles. The van der Waals surface area contributed by atoms with Crippen molar-refractivity contribution in [1.29, 1.82) is 0 Å². The van der Waals surface area contributed by atoms with Crippen molar-refractivity contribution >= 4 is 40.2 Å². The highest BCUT2D eigenvalue weighted by Crippen LogP contribution is 2.40. The first kappa shape index (κ1) is 23.4. The maximum atomic E-state index is 13.3. The molecule has 0 spiro atoms. The molecule has 1 heterocycles. The lowest BCUT2D eigenvalue weighted by atomic mass is 9.71. The monoisotopic (exact) mass is 453 g/mol. The summed E-state index contributed by atoms with van der Waals surface area (Å²) in [6, 6.07) is 0.638. The quantitative estimate of drug-likeness (QED) is 0.488. The number of aromatic nitrogens is 1. The molecule has 8 heteroatoms. The number of nitrogens with one attached hydrogen (secondary N) is 1. The lowest BCUT2D eigenvalue weighted by molar-refractivity contribution is -0.136. The molecule has 2 amide bonds. The molecule has 2 saturated carbocycles. The number of aliphatic carboxylic acids is 1. The first-order chi connectivity index (χ1) is 14.2.